The Morgan fingerprint density at radius 1 is 1.38 bits per heavy atom. The topological polar surface area (TPSA) is 69.4 Å². The second-order valence-electron chi connectivity index (χ2n) is 3.53. The third-order valence-electron chi connectivity index (χ3n) is 2.44. The minimum atomic E-state index is -0.466. The van der Waals surface area contributed by atoms with Crippen LogP contribution in [0.15, 0.2) is 24.3 Å². The lowest BCUT2D eigenvalue weighted by Gasteiger charge is -2.08. The van der Waals surface area contributed by atoms with Crippen LogP contribution in [0.2, 0.25) is 0 Å². The Bertz CT molecular complexity index is 431. The summed E-state index contributed by atoms with van der Waals surface area (Å²) in [5, 5.41) is 10.0. The van der Waals surface area contributed by atoms with E-state index in [1.807, 2.05) is 0 Å². The van der Waals surface area contributed by atoms with E-state index in [9.17, 15) is 14.9 Å². The molecule has 0 N–H and O–H groups in total. The molecule has 16 heavy (non-hydrogen) atoms. The maximum absolute atomic E-state index is 11.1. The molecule has 6 heteroatoms. The van der Waals surface area contributed by atoms with Crippen LogP contribution in [-0.4, -0.2) is 16.1 Å². The molecule has 0 unspecified atom stereocenters. The highest BCUT2D eigenvalue weighted by Gasteiger charge is 2.32. The lowest BCUT2D eigenvalue weighted by Crippen LogP contribution is -2.04. The highest BCUT2D eigenvalue weighted by atomic mass is 32.1. The minimum absolute atomic E-state index is 0.0236. The van der Waals surface area contributed by atoms with E-state index in [0.29, 0.717) is 6.42 Å². The van der Waals surface area contributed by atoms with Crippen LogP contribution in [0.1, 0.15) is 18.1 Å². The van der Waals surface area contributed by atoms with Gasteiger partial charge in [-0.3, -0.25) is 14.9 Å². The summed E-state index contributed by atoms with van der Waals surface area (Å²) in [6.07, 6.45) is 0.163. The second kappa shape index (κ2) is 4.13. The van der Waals surface area contributed by atoms with Crippen molar-refractivity contribution in [1.29, 1.82) is 0 Å². The third-order valence-corrected chi connectivity index (χ3v) is 2.87. The van der Waals surface area contributed by atoms with Crippen LogP contribution in [0.25, 0.3) is 0 Å². The zero-order valence-electron chi connectivity index (χ0n) is 8.20. The Balaban J connectivity index is 2.17. The van der Waals surface area contributed by atoms with Gasteiger partial charge >= 0.3 is 5.97 Å². The number of rotatable bonds is 2. The number of esters is 1. The van der Waals surface area contributed by atoms with Gasteiger partial charge in [-0.1, -0.05) is 0 Å². The number of benzene rings is 1. The lowest BCUT2D eigenvalue weighted by molar-refractivity contribution is -0.384. The van der Waals surface area contributed by atoms with Crippen molar-refractivity contribution < 1.29 is 14.5 Å². The van der Waals surface area contributed by atoms with Crippen molar-refractivity contribution in [3.63, 3.8) is 0 Å². The van der Waals surface area contributed by atoms with E-state index < -0.39 is 10.2 Å². The normalized spacial score (nSPS) is 24.2. The molecule has 0 aliphatic carbocycles. The van der Waals surface area contributed by atoms with Crippen molar-refractivity contribution in [2.24, 2.45) is 0 Å². The van der Waals surface area contributed by atoms with Gasteiger partial charge in [0.25, 0.3) is 5.69 Å². The van der Waals surface area contributed by atoms with Gasteiger partial charge in [-0.25, -0.2) is 0 Å². The zero-order chi connectivity index (χ0) is 11.7. The van der Waals surface area contributed by atoms with Gasteiger partial charge in [0.2, 0.25) is 0 Å². The Labute approximate surface area is 97.0 Å². The lowest BCUT2D eigenvalue weighted by atomic mass is 10.1. The van der Waals surface area contributed by atoms with Crippen LogP contribution >= 0.6 is 12.6 Å². The van der Waals surface area contributed by atoms with Crippen molar-refractivity contribution in [2.75, 3.05) is 0 Å². The fraction of sp³-hybridized carbons (Fsp3) is 0.300. The zero-order valence-corrected chi connectivity index (χ0v) is 9.09. The van der Waals surface area contributed by atoms with Crippen LogP contribution in [-0.2, 0) is 9.53 Å². The number of cyclic esters (lactones) is 1. The first kappa shape index (κ1) is 10.9. The predicted octanol–water partition coefficient (Wildman–Crippen LogP) is 1.88. The summed E-state index contributed by atoms with van der Waals surface area (Å²) in [6.45, 7) is 0. The maximum Gasteiger partial charge on any atom is 0.319 e. The first-order valence-electron chi connectivity index (χ1n) is 4.71. The number of thiol groups is 1. The van der Waals surface area contributed by atoms with Gasteiger partial charge in [0.15, 0.2) is 0 Å². The highest BCUT2D eigenvalue weighted by Crippen LogP contribution is 2.32. The van der Waals surface area contributed by atoms with E-state index in [2.05, 4.69) is 12.6 Å². The molecule has 0 bridgehead atoms. The largest absolute Gasteiger partial charge is 0.457 e. The minimum Gasteiger partial charge on any atom is -0.457 e. The molecule has 2 atom stereocenters. The molecular formula is C10H9NO4S. The van der Waals surface area contributed by atoms with Gasteiger partial charge in [-0.05, 0) is 17.7 Å². The van der Waals surface area contributed by atoms with Crippen LogP contribution in [0.4, 0.5) is 5.69 Å². The van der Waals surface area contributed by atoms with Crippen molar-refractivity contribution in [3.05, 3.63) is 39.9 Å². The van der Waals surface area contributed by atoms with E-state index in [0.717, 1.165) is 5.56 Å². The average Bonchev–Trinajstić information content (AvgIpc) is 2.59. The van der Waals surface area contributed by atoms with E-state index in [1.165, 1.54) is 12.1 Å². The SMILES string of the molecule is O=C1O[C@H](c2ccc([N+](=O)[O-])cc2)C[C@@H]1S. The first-order valence-corrected chi connectivity index (χ1v) is 5.22. The van der Waals surface area contributed by atoms with Crippen LogP contribution < -0.4 is 0 Å². The van der Waals surface area contributed by atoms with Crippen molar-refractivity contribution in [1.82, 2.24) is 0 Å². The fourth-order valence-electron chi connectivity index (χ4n) is 1.58. The molecule has 1 aromatic carbocycles. The number of nitro benzene ring substituents is 1. The number of non-ortho nitro benzene ring substituents is 1. The molecule has 0 amide bonds. The van der Waals surface area contributed by atoms with Gasteiger partial charge in [0.1, 0.15) is 11.4 Å². The molecule has 1 aliphatic rings. The van der Waals surface area contributed by atoms with Gasteiger partial charge in [-0.2, -0.15) is 12.6 Å². The van der Waals surface area contributed by atoms with Crippen LogP contribution in [0.5, 0.6) is 0 Å². The molecular weight excluding hydrogens is 230 g/mol. The van der Waals surface area contributed by atoms with Crippen LogP contribution in [0, 0.1) is 10.1 Å². The third kappa shape index (κ3) is 2.01. The Morgan fingerprint density at radius 3 is 2.44 bits per heavy atom. The van der Waals surface area contributed by atoms with Crippen LogP contribution in [0.3, 0.4) is 0 Å². The number of nitro groups is 1. The summed E-state index contributed by atoms with van der Waals surface area (Å²) in [5.74, 6) is -0.341. The molecule has 1 aromatic rings. The van der Waals surface area contributed by atoms with E-state index in [4.69, 9.17) is 4.74 Å². The van der Waals surface area contributed by atoms with E-state index in [1.54, 1.807) is 12.1 Å². The summed E-state index contributed by atoms with van der Waals surface area (Å²) in [4.78, 5) is 21.1. The van der Waals surface area contributed by atoms with Gasteiger partial charge in [-0.15, -0.1) is 0 Å². The van der Waals surface area contributed by atoms with Gasteiger partial charge < -0.3 is 4.74 Å². The molecule has 1 heterocycles. The first-order chi connectivity index (χ1) is 7.58. The second-order valence-corrected chi connectivity index (χ2v) is 4.15. The van der Waals surface area contributed by atoms with Gasteiger partial charge in [0.05, 0.1) is 4.92 Å². The monoisotopic (exact) mass is 239 g/mol. The Kier molecular flexibility index (Phi) is 2.82. The Morgan fingerprint density at radius 2 is 2.00 bits per heavy atom. The summed E-state index contributed by atoms with van der Waals surface area (Å²) in [5.41, 5.74) is 0.783. The summed E-state index contributed by atoms with van der Waals surface area (Å²) >= 11 is 4.07. The molecule has 84 valence electrons. The molecule has 1 fully saturated rings. The number of carbonyl (C=O) groups excluding carboxylic acids is 1. The maximum atomic E-state index is 11.1. The molecule has 0 spiro atoms. The van der Waals surface area contributed by atoms with Crippen molar-refractivity contribution in [3.8, 4) is 0 Å². The molecule has 0 radical (unpaired) electrons. The number of carbonyl (C=O) groups is 1. The molecule has 2 rings (SSSR count). The molecule has 0 aromatic heterocycles. The number of hydrogen-bond donors (Lipinski definition) is 1. The van der Waals surface area contributed by atoms with Gasteiger partial charge in [0, 0.05) is 18.6 Å². The molecule has 1 aliphatic heterocycles. The quantitative estimate of drug-likeness (QED) is 0.370. The smallest absolute Gasteiger partial charge is 0.319 e. The molecule has 5 nitrogen and oxygen atoms in total. The number of hydrogen-bond acceptors (Lipinski definition) is 5. The predicted molar refractivity (Wildman–Crippen MR) is 59.3 cm³/mol. The summed E-state index contributed by atoms with van der Waals surface area (Å²) in [6, 6.07) is 5.99. The average molecular weight is 239 g/mol. The highest BCUT2D eigenvalue weighted by molar-refractivity contribution is 7.81. The molecule has 0 saturated carbocycles. The van der Waals surface area contributed by atoms with Crippen molar-refractivity contribution in [2.45, 2.75) is 17.8 Å². The fourth-order valence-corrected chi connectivity index (χ4v) is 1.83. The van der Waals surface area contributed by atoms with E-state index in [-0.39, 0.29) is 17.8 Å². The Hall–Kier alpha value is -1.56. The van der Waals surface area contributed by atoms with E-state index >= 15 is 0 Å². The number of ether oxygens (including phenoxy) is 1. The van der Waals surface area contributed by atoms with Crippen molar-refractivity contribution >= 4 is 24.3 Å². The molecule has 1 saturated heterocycles. The summed E-state index contributed by atoms with van der Waals surface area (Å²) < 4.78 is 5.07. The number of nitrogens with zero attached hydrogens (tertiary/aromatic N) is 1. The standard InChI is InChI=1S/C10H9NO4S/c12-10-9(16)5-8(15-10)6-1-3-7(4-2-6)11(13)14/h1-4,8-9,16H,5H2/t8-,9-/m0/s1. The summed E-state index contributed by atoms with van der Waals surface area (Å²) in [7, 11) is 0.